The van der Waals surface area contributed by atoms with E-state index in [1.165, 1.54) is 12.1 Å². The van der Waals surface area contributed by atoms with Crippen LogP contribution in [-0.2, 0) is 4.74 Å². The Hall–Kier alpha value is -1.40. The monoisotopic (exact) mass is 281 g/mol. The Morgan fingerprint density at radius 2 is 2.21 bits per heavy atom. The Bertz CT molecular complexity index is 487. The van der Waals surface area contributed by atoms with Gasteiger partial charge in [0.05, 0.1) is 18.4 Å². The largest absolute Gasteiger partial charge is 0.382 e. The molecule has 0 unspecified atom stereocenters. The number of amidine groups is 1. The summed E-state index contributed by atoms with van der Waals surface area (Å²) in [5, 5.41) is 5.06. The lowest BCUT2D eigenvalue weighted by atomic mass is 10.1. The van der Waals surface area contributed by atoms with Gasteiger partial charge in [-0.15, -0.1) is 0 Å². The number of nitrogens with one attached hydrogen (secondary N) is 1. The Balaban J connectivity index is 2.01. The van der Waals surface area contributed by atoms with E-state index in [-0.39, 0.29) is 11.9 Å². The average Bonchev–Trinajstić information content (AvgIpc) is 2.41. The molecule has 2 rings (SSSR count). The van der Waals surface area contributed by atoms with Crippen LogP contribution in [0.3, 0.4) is 0 Å². The first-order valence-corrected chi connectivity index (χ1v) is 6.95. The SMILES string of the molecule is COC[C@@H](C)N=C1NN=C(c2ccc(F)cc2)CS1. The highest BCUT2D eigenvalue weighted by molar-refractivity contribution is 8.14. The molecule has 1 atom stereocenters. The Morgan fingerprint density at radius 1 is 1.47 bits per heavy atom. The van der Waals surface area contributed by atoms with Crippen molar-refractivity contribution in [1.29, 1.82) is 0 Å². The van der Waals surface area contributed by atoms with E-state index in [9.17, 15) is 4.39 Å². The fourth-order valence-electron chi connectivity index (χ4n) is 1.65. The van der Waals surface area contributed by atoms with Crippen LogP contribution in [-0.4, -0.2) is 36.4 Å². The van der Waals surface area contributed by atoms with Crippen LogP contribution in [0.15, 0.2) is 34.4 Å². The summed E-state index contributed by atoms with van der Waals surface area (Å²) in [6, 6.07) is 6.43. The molecule has 0 aromatic heterocycles. The van der Waals surface area contributed by atoms with Crippen LogP contribution < -0.4 is 5.43 Å². The number of methoxy groups -OCH3 is 1. The molecule has 1 aromatic carbocycles. The van der Waals surface area contributed by atoms with Crippen molar-refractivity contribution < 1.29 is 9.13 Å². The van der Waals surface area contributed by atoms with Crippen molar-refractivity contribution in [2.24, 2.45) is 10.1 Å². The molecule has 1 aromatic rings. The fourth-order valence-corrected chi connectivity index (χ4v) is 2.52. The molecule has 0 bridgehead atoms. The summed E-state index contributed by atoms with van der Waals surface area (Å²) >= 11 is 1.58. The maximum Gasteiger partial charge on any atom is 0.177 e. The Labute approximate surface area is 116 Å². The van der Waals surface area contributed by atoms with Gasteiger partial charge in [0.25, 0.3) is 0 Å². The van der Waals surface area contributed by atoms with Crippen molar-refractivity contribution in [3.05, 3.63) is 35.6 Å². The third-order valence-electron chi connectivity index (χ3n) is 2.56. The number of nitrogens with zero attached hydrogens (tertiary/aromatic N) is 2. The minimum absolute atomic E-state index is 0.0996. The Morgan fingerprint density at radius 3 is 2.79 bits per heavy atom. The molecule has 0 fully saturated rings. The van der Waals surface area contributed by atoms with Gasteiger partial charge in [-0.05, 0) is 24.6 Å². The molecule has 0 spiro atoms. The number of hydrogen-bond donors (Lipinski definition) is 1. The van der Waals surface area contributed by atoms with Gasteiger partial charge in [-0.25, -0.2) is 4.39 Å². The smallest absolute Gasteiger partial charge is 0.177 e. The quantitative estimate of drug-likeness (QED) is 0.921. The maximum absolute atomic E-state index is 12.8. The Kier molecular flexibility index (Phi) is 4.93. The first-order valence-electron chi connectivity index (χ1n) is 5.97. The molecule has 0 saturated carbocycles. The third-order valence-corrected chi connectivity index (χ3v) is 3.44. The lowest BCUT2D eigenvalue weighted by molar-refractivity contribution is 0.186. The van der Waals surface area contributed by atoms with Gasteiger partial charge in [-0.3, -0.25) is 10.4 Å². The summed E-state index contributed by atoms with van der Waals surface area (Å²) in [5.74, 6) is 0.480. The van der Waals surface area contributed by atoms with Crippen molar-refractivity contribution in [2.45, 2.75) is 13.0 Å². The van der Waals surface area contributed by atoms with Crippen molar-refractivity contribution in [1.82, 2.24) is 5.43 Å². The van der Waals surface area contributed by atoms with Gasteiger partial charge in [-0.1, -0.05) is 23.9 Å². The minimum atomic E-state index is -0.239. The van der Waals surface area contributed by atoms with E-state index in [1.807, 2.05) is 6.92 Å². The van der Waals surface area contributed by atoms with Gasteiger partial charge in [0.15, 0.2) is 5.17 Å². The van der Waals surface area contributed by atoms with Crippen LogP contribution in [0.1, 0.15) is 12.5 Å². The van der Waals surface area contributed by atoms with E-state index in [4.69, 9.17) is 4.74 Å². The van der Waals surface area contributed by atoms with Gasteiger partial charge in [0.1, 0.15) is 5.82 Å². The maximum atomic E-state index is 12.8. The van der Waals surface area contributed by atoms with Crippen LogP contribution in [0.5, 0.6) is 0 Å². The highest BCUT2D eigenvalue weighted by Gasteiger charge is 2.13. The van der Waals surface area contributed by atoms with E-state index in [1.54, 1.807) is 31.0 Å². The lowest BCUT2D eigenvalue weighted by Gasteiger charge is -2.16. The van der Waals surface area contributed by atoms with E-state index in [0.29, 0.717) is 6.61 Å². The number of hydrazone groups is 1. The summed E-state index contributed by atoms with van der Waals surface area (Å²) in [7, 11) is 1.66. The van der Waals surface area contributed by atoms with Crippen LogP contribution in [0.25, 0.3) is 0 Å². The summed E-state index contributed by atoms with van der Waals surface area (Å²) < 4.78 is 17.9. The molecule has 6 heteroatoms. The minimum Gasteiger partial charge on any atom is -0.382 e. The van der Waals surface area contributed by atoms with Gasteiger partial charge in [0, 0.05) is 12.9 Å². The second kappa shape index (κ2) is 6.68. The number of halogens is 1. The van der Waals surface area contributed by atoms with E-state index in [2.05, 4.69) is 15.5 Å². The highest BCUT2D eigenvalue weighted by Crippen LogP contribution is 2.14. The molecule has 0 radical (unpaired) electrons. The number of benzene rings is 1. The second-order valence-electron chi connectivity index (χ2n) is 4.20. The lowest BCUT2D eigenvalue weighted by Crippen LogP contribution is -2.27. The molecular weight excluding hydrogens is 265 g/mol. The summed E-state index contributed by atoms with van der Waals surface area (Å²) in [4.78, 5) is 4.44. The third kappa shape index (κ3) is 4.04. The predicted octanol–water partition coefficient (Wildman–Crippen LogP) is 2.26. The van der Waals surface area contributed by atoms with Gasteiger partial charge < -0.3 is 4.74 Å². The highest BCUT2D eigenvalue weighted by atomic mass is 32.2. The molecule has 102 valence electrons. The summed E-state index contributed by atoms with van der Waals surface area (Å²) in [6.45, 7) is 2.57. The number of thioether (sulfide) groups is 1. The number of ether oxygens (including phenoxy) is 1. The summed E-state index contributed by atoms with van der Waals surface area (Å²) in [5.41, 5.74) is 4.74. The van der Waals surface area contributed by atoms with Gasteiger partial charge in [-0.2, -0.15) is 5.10 Å². The van der Waals surface area contributed by atoms with Gasteiger partial charge >= 0.3 is 0 Å². The van der Waals surface area contributed by atoms with Crippen molar-refractivity contribution in [3.63, 3.8) is 0 Å². The van der Waals surface area contributed by atoms with Gasteiger partial charge in [0.2, 0.25) is 0 Å². The van der Waals surface area contributed by atoms with Crippen LogP contribution in [0.2, 0.25) is 0 Å². The van der Waals surface area contributed by atoms with Crippen LogP contribution >= 0.6 is 11.8 Å². The molecular formula is C13H16FN3OS. The van der Waals surface area contributed by atoms with E-state index in [0.717, 1.165) is 22.2 Å². The normalized spacial score (nSPS) is 18.9. The molecule has 1 heterocycles. The predicted molar refractivity (Wildman–Crippen MR) is 77.3 cm³/mol. The van der Waals surface area contributed by atoms with E-state index >= 15 is 0 Å². The number of rotatable bonds is 4. The van der Waals surface area contributed by atoms with Crippen LogP contribution in [0.4, 0.5) is 4.39 Å². The van der Waals surface area contributed by atoms with E-state index < -0.39 is 0 Å². The molecule has 0 saturated heterocycles. The molecule has 0 amide bonds. The molecule has 19 heavy (non-hydrogen) atoms. The first-order chi connectivity index (χ1) is 9.19. The van der Waals surface area contributed by atoms with Crippen molar-refractivity contribution in [3.8, 4) is 0 Å². The van der Waals surface area contributed by atoms with Crippen molar-refractivity contribution in [2.75, 3.05) is 19.5 Å². The second-order valence-corrected chi connectivity index (χ2v) is 5.17. The molecule has 4 nitrogen and oxygen atoms in total. The fraction of sp³-hybridized carbons (Fsp3) is 0.385. The zero-order valence-electron chi connectivity index (χ0n) is 10.9. The summed E-state index contributed by atoms with van der Waals surface area (Å²) in [6.07, 6.45) is 0. The number of aliphatic imine (C=N–C) groups is 1. The zero-order valence-corrected chi connectivity index (χ0v) is 11.7. The molecule has 1 aliphatic heterocycles. The average molecular weight is 281 g/mol. The number of hydrogen-bond acceptors (Lipinski definition) is 4. The molecule has 1 aliphatic rings. The standard InChI is InChI=1S/C13H16FN3OS/c1-9(7-18-2)15-13-17-16-12(8-19-13)10-3-5-11(14)6-4-10/h3-6,9H,7-8H2,1-2H3,(H,15,17)/t9-/m1/s1. The molecule has 1 N–H and O–H groups in total. The molecule has 0 aliphatic carbocycles. The first kappa shape index (κ1) is 14.0. The topological polar surface area (TPSA) is 46.0 Å². The van der Waals surface area contributed by atoms with Crippen molar-refractivity contribution >= 4 is 22.6 Å². The van der Waals surface area contributed by atoms with Crippen LogP contribution in [0, 0.1) is 5.82 Å². The zero-order chi connectivity index (χ0) is 13.7.